The van der Waals surface area contributed by atoms with Crippen LogP contribution in [0.25, 0.3) is 11.2 Å². The summed E-state index contributed by atoms with van der Waals surface area (Å²) in [4.78, 5) is 16.7. The molecule has 5 nitrogen and oxygen atoms in total. The van der Waals surface area contributed by atoms with Gasteiger partial charge in [0.2, 0.25) is 0 Å². The second kappa shape index (κ2) is 4.66. The molecule has 0 aliphatic rings. The molecule has 0 atom stereocenters. The van der Waals surface area contributed by atoms with Crippen molar-refractivity contribution in [3.05, 3.63) is 42.5 Å². The van der Waals surface area contributed by atoms with E-state index in [1.807, 2.05) is 18.2 Å². The molecule has 0 fully saturated rings. The number of nitrogens with one attached hydrogen (secondary N) is 1. The van der Waals surface area contributed by atoms with Gasteiger partial charge < -0.3 is 10.7 Å². The zero-order chi connectivity index (χ0) is 12.4. The molecule has 3 rings (SSSR count). The number of fused-ring (bicyclic) bond motifs is 1. The lowest BCUT2D eigenvalue weighted by molar-refractivity contribution is 1.13. The van der Waals surface area contributed by atoms with Crippen LogP contribution in [0.5, 0.6) is 0 Å². The van der Waals surface area contributed by atoms with Gasteiger partial charge in [0.15, 0.2) is 11.5 Å². The zero-order valence-electron chi connectivity index (χ0n) is 9.50. The minimum atomic E-state index is 0.434. The van der Waals surface area contributed by atoms with E-state index in [0.717, 1.165) is 11.6 Å². The summed E-state index contributed by atoms with van der Waals surface area (Å²) in [6.07, 6.45) is 1.42. The van der Waals surface area contributed by atoms with Gasteiger partial charge in [-0.2, -0.15) is 0 Å². The summed E-state index contributed by atoms with van der Waals surface area (Å²) in [6, 6.07) is 10.2. The van der Waals surface area contributed by atoms with Crippen molar-refractivity contribution in [2.24, 2.45) is 0 Å². The molecule has 0 aliphatic heterocycles. The minimum absolute atomic E-state index is 0.434. The Hall–Kier alpha value is -2.08. The number of aromatic amines is 1. The van der Waals surface area contributed by atoms with E-state index in [9.17, 15) is 0 Å². The van der Waals surface area contributed by atoms with Crippen molar-refractivity contribution in [2.75, 3.05) is 5.73 Å². The SMILES string of the molecule is Nc1ncnc2nc(CSc3ccccc3)[nH]c12. The third-order valence-electron chi connectivity index (χ3n) is 2.49. The Bertz CT molecular complexity index is 665. The molecular weight excluding hydrogens is 246 g/mol. The third-order valence-corrected chi connectivity index (χ3v) is 3.51. The van der Waals surface area contributed by atoms with Gasteiger partial charge in [-0.25, -0.2) is 15.0 Å². The summed E-state index contributed by atoms with van der Waals surface area (Å²) < 4.78 is 0. The molecule has 0 saturated carbocycles. The van der Waals surface area contributed by atoms with Crippen LogP contribution in [-0.4, -0.2) is 19.9 Å². The smallest absolute Gasteiger partial charge is 0.183 e. The molecule has 2 aromatic heterocycles. The van der Waals surface area contributed by atoms with Crippen LogP contribution in [-0.2, 0) is 5.75 Å². The van der Waals surface area contributed by atoms with Crippen LogP contribution >= 0.6 is 11.8 Å². The van der Waals surface area contributed by atoms with E-state index in [-0.39, 0.29) is 0 Å². The van der Waals surface area contributed by atoms with Crippen molar-refractivity contribution in [1.82, 2.24) is 19.9 Å². The number of hydrogen-bond donors (Lipinski definition) is 2. The maximum Gasteiger partial charge on any atom is 0.183 e. The van der Waals surface area contributed by atoms with Gasteiger partial charge in [0.25, 0.3) is 0 Å². The lowest BCUT2D eigenvalue weighted by atomic mass is 10.4. The number of imidazole rings is 1. The first-order chi connectivity index (χ1) is 8.83. The fourth-order valence-corrected chi connectivity index (χ4v) is 2.42. The standard InChI is InChI=1S/C12H11N5S/c13-11-10-12(15-7-14-11)17-9(16-10)6-18-8-4-2-1-3-5-8/h1-5,7H,6H2,(H3,13,14,15,16,17). The molecule has 0 saturated heterocycles. The Kier molecular flexibility index (Phi) is 2.85. The van der Waals surface area contributed by atoms with Crippen LogP contribution in [0.3, 0.4) is 0 Å². The molecule has 0 spiro atoms. The van der Waals surface area contributed by atoms with E-state index in [0.29, 0.717) is 17.0 Å². The van der Waals surface area contributed by atoms with Gasteiger partial charge >= 0.3 is 0 Å². The Morgan fingerprint density at radius 1 is 1.17 bits per heavy atom. The topological polar surface area (TPSA) is 80.5 Å². The van der Waals surface area contributed by atoms with Crippen molar-refractivity contribution in [2.45, 2.75) is 10.6 Å². The number of anilines is 1. The maximum atomic E-state index is 5.75. The lowest BCUT2D eigenvalue weighted by Gasteiger charge is -1.97. The summed E-state index contributed by atoms with van der Waals surface area (Å²) in [5, 5.41) is 0. The lowest BCUT2D eigenvalue weighted by Crippen LogP contribution is -1.91. The molecule has 18 heavy (non-hydrogen) atoms. The van der Waals surface area contributed by atoms with Crippen molar-refractivity contribution in [3.8, 4) is 0 Å². The van der Waals surface area contributed by atoms with Crippen LogP contribution < -0.4 is 5.73 Å². The Morgan fingerprint density at radius 3 is 2.78 bits per heavy atom. The molecule has 0 radical (unpaired) electrons. The van der Waals surface area contributed by atoms with Gasteiger partial charge in [-0.1, -0.05) is 18.2 Å². The van der Waals surface area contributed by atoms with E-state index < -0.39 is 0 Å². The number of aromatic nitrogens is 4. The third kappa shape index (κ3) is 2.14. The molecule has 0 aliphatic carbocycles. The summed E-state index contributed by atoms with van der Waals surface area (Å²) in [5.41, 5.74) is 7.07. The molecular formula is C12H11N5S. The molecule has 3 aromatic rings. The number of H-pyrrole nitrogens is 1. The Labute approximate surface area is 108 Å². The highest BCUT2D eigenvalue weighted by Gasteiger charge is 2.07. The van der Waals surface area contributed by atoms with Crippen molar-refractivity contribution in [1.29, 1.82) is 0 Å². The molecule has 0 unspecified atom stereocenters. The normalized spacial score (nSPS) is 10.9. The number of nitrogens with two attached hydrogens (primary N) is 1. The quantitative estimate of drug-likeness (QED) is 0.703. The average Bonchev–Trinajstić information content (AvgIpc) is 2.82. The number of rotatable bonds is 3. The second-order valence-corrected chi connectivity index (χ2v) is 4.79. The van der Waals surface area contributed by atoms with Crippen molar-refractivity contribution < 1.29 is 0 Å². The molecule has 0 bridgehead atoms. The number of benzene rings is 1. The van der Waals surface area contributed by atoms with E-state index in [1.54, 1.807) is 11.8 Å². The molecule has 2 heterocycles. The highest BCUT2D eigenvalue weighted by Crippen LogP contribution is 2.22. The summed E-state index contributed by atoms with van der Waals surface area (Å²) >= 11 is 1.71. The van der Waals surface area contributed by atoms with Crippen LogP contribution in [0.1, 0.15) is 5.82 Å². The van der Waals surface area contributed by atoms with Gasteiger partial charge in [-0.15, -0.1) is 11.8 Å². The van der Waals surface area contributed by atoms with Crippen LogP contribution in [0.15, 0.2) is 41.6 Å². The average molecular weight is 257 g/mol. The Morgan fingerprint density at radius 2 is 2.00 bits per heavy atom. The van der Waals surface area contributed by atoms with E-state index in [1.165, 1.54) is 11.2 Å². The fraction of sp³-hybridized carbons (Fsp3) is 0.0833. The van der Waals surface area contributed by atoms with E-state index in [2.05, 4.69) is 32.1 Å². The molecule has 6 heteroatoms. The summed E-state index contributed by atoms with van der Waals surface area (Å²) in [5.74, 6) is 2.04. The first-order valence-corrected chi connectivity index (χ1v) is 6.44. The summed E-state index contributed by atoms with van der Waals surface area (Å²) in [7, 11) is 0. The van der Waals surface area contributed by atoms with Crippen molar-refractivity contribution in [3.63, 3.8) is 0 Å². The molecule has 3 N–H and O–H groups in total. The highest BCUT2D eigenvalue weighted by atomic mass is 32.2. The van der Waals surface area contributed by atoms with Gasteiger partial charge in [0, 0.05) is 4.90 Å². The number of nitrogens with zero attached hydrogens (tertiary/aromatic N) is 3. The van der Waals surface area contributed by atoms with Gasteiger partial charge in [-0.05, 0) is 12.1 Å². The zero-order valence-corrected chi connectivity index (χ0v) is 10.3. The number of thioether (sulfide) groups is 1. The predicted octanol–water partition coefficient (Wildman–Crippen LogP) is 2.23. The number of hydrogen-bond acceptors (Lipinski definition) is 5. The van der Waals surface area contributed by atoms with Gasteiger partial charge in [0.05, 0.1) is 5.75 Å². The number of nitrogen functional groups attached to an aromatic ring is 1. The fourth-order valence-electron chi connectivity index (χ4n) is 1.63. The van der Waals surface area contributed by atoms with E-state index >= 15 is 0 Å². The highest BCUT2D eigenvalue weighted by molar-refractivity contribution is 7.98. The van der Waals surface area contributed by atoms with Crippen LogP contribution in [0, 0.1) is 0 Å². The van der Waals surface area contributed by atoms with Gasteiger partial charge in [0.1, 0.15) is 17.7 Å². The van der Waals surface area contributed by atoms with Gasteiger partial charge in [-0.3, -0.25) is 0 Å². The molecule has 90 valence electrons. The van der Waals surface area contributed by atoms with Crippen molar-refractivity contribution >= 4 is 28.7 Å². The summed E-state index contributed by atoms with van der Waals surface area (Å²) in [6.45, 7) is 0. The molecule has 1 aromatic carbocycles. The van der Waals surface area contributed by atoms with E-state index in [4.69, 9.17) is 5.73 Å². The largest absolute Gasteiger partial charge is 0.382 e. The first kappa shape index (κ1) is 11.0. The predicted molar refractivity (Wildman–Crippen MR) is 72.1 cm³/mol. The second-order valence-electron chi connectivity index (χ2n) is 3.74. The van der Waals surface area contributed by atoms with Crippen LogP contribution in [0.4, 0.5) is 5.82 Å². The maximum absolute atomic E-state index is 5.75. The minimum Gasteiger partial charge on any atom is -0.382 e. The monoisotopic (exact) mass is 257 g/mol. The first-order valence-electron chi connectivity index (χ1n) is 5.46. The Balaban J connectivity index is 1.81. The molecule has 0 amide bonds. The van der Waals surface area contributed by atoms with Crippen LogP contribution in [0.2, 0.25) is 0 Å².